The van der Waals surface area contributed by atoms with Crippen LogP contribution in [0.1, 0.15) is 18.5 Å². The third-order valence-corrected chi connectivity index (χ3v) is 5.77. The van der Waals surface area contributed by atoms with E-state index in [-0.39, 0.29) is 22.0 Å². The molecule has 0 amide bonds. The van der Waals surface area contributed by atoms with Crippen LogP contribution in [-0.4, -0.2) is 24.8 Å². The molecule has 1 atom stereocenters. The molecule has 1 heterocycles. The summed E-state index contributed by atoms with van der Waals surface area (Å²) in [5.41, 5.74) is -5.17. The van der Waals surface area contributed by atoms with Crippen molar-refractivity contribution in [1.29, 1.82) is 0 Å². The summed E-state index contributed by atoms with van der Waals surface area (Å²) in [5, 5.41) is 8.55. The molecule has 0 spiro atoms. The molecule has 3 rings (SSSR count). The average molecular weight is 583 g/mol. The zero-order valence-electron chi connectivity index (χ0n) is 17.6. The van der Waals surface area contributed by atoms with Crippen molar-refractivity contribution < 1.29 is 32.2 Å². The summed E-state index contributed by atoms with van der Waals surface area (Å²) < 4.78 is 59.7. The minimum atomic E-state index is -4.86. The normalized spacial score (nSPS) is 12.5. The van der Waals surface area contributed by atoms with Crippen molar-refractivity contribution in [2.24, 2.45) is 7.05 Å². The molecule has 35 heavy (non-hydrogen) atoms. The molecule has 9 nitrogen and oxygen atoms in total. The standard InChI is InChI=1S/C20H13BrClF4N3O6/c1-8(16(30)31)28-17(32)27(2)18(33)29(19(28)34)14-7-10(3-4-11(14)21)35-15-12(22)5-9(6-13(15)23)20(24,25)26/h3-8H,1-2H3,(H,30,31). The van der Waals surface area contributed by atoms with Crippen molar-refractivity contribution in [3.05, 3.63) is 82.7 Å². The van der Waals surface area contributed by atoms with Crippen molar-refractivity contribution in [3.8, 4) is 17.2 Å². The molecule has 0 fully saturated rings. The van der Waals surface area contributed by atoms with Gasteiger partial charge >= 0.3 is 29.2 Å². The van der Waals surface area contributed by atoms with E-state index in [1.165, 1.54) is 12.1 Å². The number of ether oxygens (including phenoxy) is 1. The van der Waals surface area contributed by atoms with Crippen molar-refractivity contribution in [2.45, 2.75) is 19.1 Å². The molecule has 2 aromatic carbocycles. The number of aliphatic carboxylic acids is 1. The number of carboxylic acids is 1. The van der Waals surface area contributed by atoms with Crippen molar-refractivity contribution in [2.75, 3.05) is 0 Å². The molecular weight excluding hydrogens is 570 g/mol. The quantitative estimate of drug-likeness (QED) is 0.459. The van der Waals surface area contributed by atoms with E-state index in [0.29, 0.717) is 19.8 Å². The Bertz CT molecular complexity index is 1510. The molecule has 1 unspecified atom stereocenters. The summed E-state index contributed by atoms with van der Waals surface area (Å²) >= 11 is 8.90. The first-order valence-electron chi connectivity index (χ1n) is 9.36. The van der Waals surface area contributed by atoms with E-state index in [1.807, 2.05) is 0 Å². The van der Waals surface area contributed by atoms with E-state index < -0.39 is 57.4 Å². The highest BCUT2D eigenvalue weighted by Crippen LogP contribution is 2.39. The lowest BCUT2D eigenvalue weighted by molar-refractivity contribution is -0.140. The van der Waals surface area contributed by atoms with E-state index in [1.54, 1.807) is 0 Å². The van der Waals surface area contributed by atoms with E-state index in [2.05, 4.69) is 15.9 Å². The third-order valence-electron chi connectivity index (χ3n) is 4.82. The minimum absolute atomic E-state index is 0.108. The molecule has 0 saturated carbocycles. The Balaban J connectivity index is 2.20. The Morgan fingerprint density at radius 1 is 1.11 bits per heavy atom. The fourth-order valence-electron chi connectivity index (χ4n) is 2.98. The van der Waals surface area contributed by atoms with E-state index in [9.17, 15) is 41.8 Å². The Hall–Kier alpha value is -3.39. The molecule has 3 aromatic rings. The highest BCUT2D eigenvalue weighted by Gasteiger charge is 2.33. The fourth-order valence-corrected chi connectivity index (χ4v) is 3.65. The predicted octanol–water partition coefficient (Wildman–Crippen LogP) is 3.71. The van der Waals surface area contributed by atoms with Crippen LogP contribution in [0.5, 0.6) is 11.5 Å². The summed E-state index contributed by atoms with van der Waals surface area (Å²) in [6.07, 6.45) is -4.86. The molecule has 1 aromatic heterocycles. The zero-order valence-corrected chi connectivity index (χ0v) is 19.9. The van der Waals surface area contributed by atoms with E-state index >= 15 is 0 Å². The second-order valence-corrected chi connectivity index (χ2v) is 8.37. The van der Waals surface area contributed by atoms with Gasteiger partial charge in [0, 0.05) is 17.6 Å². The number of hydrogen-bond donors (Lipinski definition) is 1. The number of halogens is 6. The van der Waals surface area contributed by atoms with Crippen LogP contribution in [-0.2, 0) is 18.0 Å². The lowest BCUT2D eigenvalue weighted by Crippen LogP contribution is -2.54. The second kappa shape index (κ2) is 9.34. The molecule has 0 aliphatic carbocycles. The summed E-state index contributed by atoms with van der Waals surface area (Å²) in [6.45, 7) is 1.06. The van der Waals surface area contributed by atoms with Gasteiger partial charge in [-0.15, -0.1) is 0 Å². The van der Waals surface area contributed by atoms with Crippen LogP contribution in [0, 0.1) is 5.82 Å². The molecule has 186 valence electrons. The fraction of sp³-hybridized carbons (Fsp3) is 0.200. The lowest BCUT2D eigenvalue weighted by atomic mass is 10.2. The highest BCUT2D eigenvalue weighted by molar-refractivity contribution is 9.10. The molecule has 0 aliphatic rings. The molecule has 15 heteroatoms. The largest absolute Gasteiger partial charge is 0.480 e. The van der Waals surface area contributed by atoms with Crippen LogP contribution in [0.25, 0.3) is 5.69 Å². The molecule has 0 aliphatic heterocycles. The van der Waals surface area contributed by atoms with Gasteiger partial charge in [0.2, 0.25) is 0 Å². The first-order chi connectivity index (χ1) is 16.1. The number of hydrogen-bond acceptors (Lipinski definition) is 5. The minimum Gasteiger partial charge on any atom is -0.480 e. The van der Waals surface area contributed by atoms with Crippen LogP contribution >= 0.6 is 27.5 Å². The smallest absolute Gasteiger partial charge is 0.416 e. The first kappa shape index (κ1) is 26.2. The Kier molecular flexibility index (Phi) is 7.00. The van der Waals surface area contributed by atoms with Crippen LogP contribution in [0.2, 0.25) is 5.02 Å². The highest BCUT2D eigenvalue weighted by atomic mass is 79.9. The predicted molar refractivity (Wildman–Crippen MR) is 118 cm³/mol. The number of nitrogens with zero attached hydrogens (tertiary/aromatic N) is 3. The maximum Gasteiger partial charge on any atom is 0.416 e. The van der Waals surface area contributed by atoms with Crippen LogP contribution in [0.4, 0.5) is 17.6 Å². The molecule has 0 bridgehead atoms. The number of rotatable bonds is 5. The van der Waals surface area contributed by atoms with E-state index in [4.69, 9.17) is 16.3 Å². The van der Waals surface area contributed by atoms with Gasteiger partial charge in [-0.1, -0.05) is 11.6 Å². The summed E-state index contributed by atoms with van der Waals surface area (Å²) in [4.78, 5) is 49.5. The summed E-state index contributed by atoms with van der Waals surface area (Å²) in [7, 11) is 1.03. The van der Waals surface area contributed by atoms with Gasteiger partial charge in [-0.05, 0) is 47.1 Å². The Labute approximate surface area is 205 Å². The van der Waals surface area contributed by atoms with Gasteiger partial charge < -0.3 is 9.84 Å². The third kappa shape index (κ3) is 4.89. The van der Waals surface area contributed by atoms with Gasteiger partial charge in [0.25, 0.3) is 0 Å². The lowest BCUT2D eigenvalue weighted by Gasteiger charge is -2.16. The van der Waals surface area contributed by atoms with Crippen molar-refractivity contribution in [3.63, 3.8) is 0 Å². The monoisotopic (exact) mass is 581 g/mol. The molecule has 0 saturated heterocycles. The van der Waals surface area contributed by atoms with Crippen LogP contribution < -0.4 is 21.8 Å². The Morgan fingerprint density at radius 3 is 2.29 bits per heavy atom. The zero-order chi connectivity index (χ0) is 26.4. The van der Waals surface area contributed by atoms with Crippen LogP contribution in [0.3, 0.4) is 0 Å². The van der Waals surface area contributed by atoms with Gasteiger partial charge in [-0.3, -0.25) is 0 Å². The van der Waals surface area contributed by atoms with Crippen LogP contribution in [0.15, 0.2) is 49.2 Å². The van der Waals surface area contributed by atoms with Gasteiger partial charge in [-0.25, -0.2) is 37.3 Å². The topological polar surface area (TPSA) is 113 Å². The first-order valence-corrected chi connectivity index (χ1v) is 10.5. The van der Waals surface area contributed by atoms with E-state index in [0.717, 1.165) is 20.0 Å². The molecule has 1 N–H and O–H groups in total. The average Bonchev–Trinajstić information content (AvgIpc) is 2.75. The van der Waals surface area contributed by atoms with Gasteiger partial charge in [0.15, 0.2) is 11.6 Å². The second-order valence-electron chi connectivity index (χ2n) is 7.11. The number of alkyl halides is 3. The number of aromatic nitrogens is 3. The molecule has 0 radical (unpaired) electrons. The van der Waals surface area contributed by atoms with Crippen molar-refractivity contribution in [1.82, 2.24) is 13.7 Å². The number of carboxylic acid groups (broad SMARTS) is 1. The number of benzene rings is 2. The SMILES string of the molecule is CC(C(=O)O)n1c(=O)n(C)c(=O)n(-c2cc(Oc3c(F)cc(C(F)(F)F)cc3Cl)ccc2Br)c1=O. The maximum atomic E-state index is 14.4. The summed E-state index contributed by atoms with van der Waals surface area (Å²) in [6, 6.07) is 2.55. The maximum absolute atomic E-state index is 14.4. The van der Waals surface area contributed by atoms with Gasteiger partial charge in [0.05, 0.1) is 16.3 Å². The molecular formula is C20H13BrClF4N3O6. The van der Waals surface area contributed by atoms with Gasteiger partial charge in [-0.2, -0.15) is 13.2 Å². The van der Waals surface area contributed by atoms with Crippen molar-refractivity contribution >= 4 is 33.5 Å². The number of carbonyl (C=O) groups is 1. The summed E-state index contributed by atoms with van der Waals surface area (Å²) in [5.74, 6) is -3.94. The Morgan fingerprint density at radius 2 is 1.74 bits per heavy atom. The van der Waals surface area contributed by atoms with Gasteiger partial charge in [0.1, 0.15) is 11.8 Å².